The first kappa shape index (κ1) is 16.8. The molecule has 3 rings (SSSR count). The second-order valence-electron chi connectivity index (χ2n) is 5.92. The van der Waals surface area contributed by atoms with Gasteiger partial charge in [0.05, 0.1) is 6.21 Å². The molecule has 0 atom stereocenters. The molecule has 0 fully saturated rings. The highest BCUT2D eigenvalue weighted by molar-refractivity contribution is 6.01. The molecule has 1 aromatic heterocycles. The minimum absolute atomic E-state index is 0.0727. The Bertz CT molecular complexity index is 941. The molecular formula is C20H21N3O2. The first-order chi connectivity index (χ1) is 12.1. The van der Waals surface area contributed by atoms with Gasteiger partial charge in [0, 0.05) is 29.2 Å². The van der Waals surface area contributed by atoms with Gasteiger partial charge in [-0.15, -0.1) is 0 Å². The van der Waals surface area contributed by atoms with Gasteiger partial charge in [-0.2, -0.15) is 5.10 Å². The number of rotatable bonds is 5. The number of para-hydroxylation sites is 2. The quantitative estimate of drug-likeness (QED) is 0.574. The van der Waals surface area contributed by atoms with Crippen LogP contribution in [0.3, 0.4) is 0 Å². The third-order valence-corrected chi connectivity index (χ3v) is 4.28. The summed E-state index contributed by atoms with van der Waals surface area (Å²) in [7, 11) is 2.02. The third-order valence-electron chi connectivity index (χ3n) is 4.28. The van der Waals surface area contributed by atoms with E-state index in [-0.39, 0.29) is 12.5 Å². The molecule has 0 saturated heterocycles. The van der Waals surface area contributed by atoms with Crippen LogP contribution < -0.4 is 10.2 Å². The van der Waals surface area contributed by atoms with E-state index in [4.69, 9.17) is 4.74 Å². The molecule has 1 heterocycles. The van der Waals surface area contributed by atoms with Crippen molar-refractivity contribution < 1.29 is 9.53 Å². The Labute approximate surface area is 146 Å². The molecule has 1 N–H and O–H groups in total. The molecule has 3 aromatic rings. The van der Waals surface area contributed by atoms with Crippen LogP contribution in [0.2, 0.25) is 0 Å². The SMILES string of the molecule is Cc1ccccc1OCC(=O)NN=Cc1c(C)n(C)c2ccccc12. The Morgan fingerprint density at radius 3 is 2.68 bits per heavy atom. The molecule has 0 radical (unpaired) electrons. The number of fused-ring (bicyclic) bond motifs is 1. The zero-order valence-electron chi connectivity index (χ0n) is 14.6. The molecule has 25 heavy (non-hydrogen) atoms. The second kappa shape index (κ2) is 7.21. The van der Waals surface area contributed by atoms with E-state index in [2.05, 4.69) is 21.2 Å². The average Bonchev–Trinajstić information content (AvgIpc) is 2.86. The number of nitrogens with one attached hydrogen (secondary N) is 1. The van der Waals surface area contributed by atoms with Gasteiger partial charge in [0.2, 0.25) is 0 Å². The molecule has 0 aliphatic heterocycles. The number of carbonyl (C=O) groups is 1. The number of hydrogen-bond donors (Lipinski definition) is 1. The van der Waals surface area contributed by atoms with Crippen LogP contribution in [0.15, 0.2) is 53.6 Å². The lowest BCUT2D eigenvalue weighted by Gasteiger charge is -2.07. The minimum Gasteiger partial charge on any atom is -0.483 e. The highest BCUT2D eigenvalue weighted by atomic mass is 16.5. The van der Waals surface area contributed by atoms with Crippen molar-refractivity contribution >= 4 is 23.0 Å². The average molecular weight is 335 g/mol. The van der Waals surface area contributed by atoms with Crippen molar-refractivity contribution in [2.75, 3.05) is 6.61 Å². The van der Waals surface area contributed by atoms with Gasteiger partial charge in [0.15, 0.2) is 6.61 Å². The Hall–Kier alpha value is -3.08. The molecule has 0 spiro atoms. The van der Waals surface area contributed by atoms with Gasteiger partial charge < -0.3 is 9.30 Å². The van der Waals surface area contributed by atoms with E-state index in [1.165, 1.54) is 0 Å². The van der Waals surface area contributed by atoms with Crippen LogP contribution in [0.4, 0.5) is 0 Å². The van der Waals surface area contributed by atoms with Gasteiger partial charge in [-0.1, -0.05) is 36.4 Å². The number of aromatic nitrogens is 1. The largest absolute Gasteiger partial charge is 0.483 e. The Balaban J connectivity index is 1.65. The number of hydrogen-bond acceptors (Lipinski definition) is 3. The number of aryl methyl sites for hydroxylation is 2. The molecule has 128 valence electrons. The monoisotopic (exact) mass is 335 g/mol. The standard InChI is InChI=1S/C20H21N3O2/c1-14-8-4-7-11-19(14)25-13-20(24)22-21-12-17-15(2)23(3)18-10-6-5-9-16(17)18/h4-12H,13H2,1-3H3,(H,22,24). The summed E-state index contributed by atoms with van der Waals surface area (Å²) in [6, 6.07) is 15.7. The van der Waals surface area contributed by atoms with Gasteiger partial charge in [0.25, 0.3) is 5.91 Å². The normalized spacial score (nSPS) is 11.2. The predicted molar refractivity (Wildman–Crippen MR) is 100 cm³/mol. The summed E-state index contributed by atoms with van der Waals surface area (Å²) in [5.41, 5.74) is 6.74. The van der Waals surface area contributed by atoms with E-state index >= 15 is 0 Å². The molecule has 0 saturated carbocycles. The number of ether oxygens (including phenoxy) is 1. The molecule has 5 nitrogen and oxygen atoms in total. The molecule has 5 heteroatoms. The maximum Gasteiger partial charge on any atom is 0.277 e. The number of amides is 1. The van der Waals surface area contributed by atoms with Crippen molar-refractivity contribution in [2.45, 2.75) is 13.8 Å². The van der Waals surface area contributed by atoms with E-state index in [9.17, 15) is 4.79 Å². The van der Waals surface area contributed by atoms with Crippen molar-refractivity contribution in [2.24, 2.45) is 12.1 Å². The molecular weight excluding hydrogens is 314 g/mol. The predicted octanol–water partition coefficient (Wildman–Crippen LogP) is 3.32. The molecule has 0 unspecified atom stereocenters. The fourth-order valence-electron chi connectivity index (χ4n) is 2.78. The van der Waals surface area contributed by atoms with Gasteiger partial charge in [-0.3, -0.25) is 4.79 Å². The summed E-state index contributed by atoms with van der Waals surface area (Å²) in [5, 5.41) is 5.19. The van der Waals surface area contributed by atoms with Crippen LogP contribution in [-0.2, 0) is 11.8 Å². The maximum atomic E-state index is 11.9. The van der Waals surface area contributed by atoms with E-state index < -0.39 is 0 Å². The minimum atomic E-state index is -0.294. The smallest absolute Gasteiger partial charge is 0.277 e. The molecule has 0 aliphatic carbocycles. The lowest BCUT2D eigenvalue weighted by atomic mass is 10.1. The van der Waals surface area contributed by atoms with E-state index in [1.54, 1.807) is 6.21 Å². The zero-order valence-corrected chi connectivity index (χ0v) is 14.6. The van der Waals surface area contributed by atoms with Gasteiger partial charge >= 0.3 is 0 Å². The number of hydrazone groups is 1. The zero-order chi connectivity index (χ0) is 17.8. The highest BCUT2D eigenvalue weighted by Gasteiger charge is 2.09. The summed E-state index contributed by atoms with van der Waals surface area (Å²) in [4.78, 5) is 11.9. The Morgan fingerprint density at radius 2 is 1.88 bits per heavy atom. The van der Waals surface area contributed by atoms with Crippen LogP contribution >= 0.6 is 0 Å². The van der Waals surface area contributed by atoms with Crippen LogP contribution in [0.1, 0.15) is 16.8 Å². The first-order valence-corrected chi connectivity index (χ1v) is 8.12. The van der Waals surface area contributed by atoms with Gasteiger partial charge in [-0.25, -0.2) is 5.43 Å². The van der Waals surface area contributed by atoms with Crippen molar-refractivity contribution in [3.8, 4) is 5.75 Å². The maximum absolute atomic E-state index is 11.9. The summed E-state index contributed by atoms with van der Waals surface area (Å²) in [6.45, 7) is 3.90. The topological polar surface area (TPSA) is 55.6 Å². The van der Waals surface area contributed by atoms with Crippen LogP contribution in [-0.4, -0.2) is 23.3 Å². The first-order valence-electron chi connectivity index (χ1n) is 8.12. The Morgan fingerprint density at radius 1 is 1.16 bits per heavy atom. The van der Waals surface area contributed by atoms with Crippen LogP contribution in [0.25, 0.3) is 10.9 Å². The number of carbonyl (C=O) groups excluding carboxylic acids is 1. The fourth-order valence-corrected chi connectivity index (χ4v) is 2.78. The molecule has 0 bridgehead atoms. The van der Waals surface area contributed by atoms with Crippen molar-refractivity contribution in [1.29, 1.82) is 0 Å². The lowest BCUT2D eigenvalue weighted by Crippen LogP contribution is -2.24. The molecule has 2 aromatic carbocycles. The second-order valence-corrected chi connectivity index (χ2v) is 5.92. The number of nitrogens with zero attached hydrogens (tertiary/aromatic N) is 2. The molecule has 1 amide bonds. The van der Waals surface area contributed by atoms with E-state index in [0.29, 0.717) is 5.75 Å². The Kier molecular flexibility index (Phi) is 4.84. The molecule has 0 aliphatic rings. The number of benzene rings is 2. The van der Waals surface area contributed by atoms with Crippen LogP contribution in [0.5, 0.6) is 5.75 Å². The van der Waals surface area contributed by atoms with E-state index in [0.717, 1.165) is 27.7 Å². The van der Waals surface area contributed by atoms with Crippen molar-refractivity contribution in [3.63, 3.8) is 0 Å². The summed E-state index contributed by atoms with van der Waals surface area (Å²) >= 11 is 0. The van der Waals surface area contributed by atoms with Crippen molar-refractivity contribution in [3.05, 3.63) is 65.4 Å². The fraction of sp³-hybridized carbons (Fsp3) is 0.200. The highest BCUT2D eigenvalue weighted by Crippen LogP contribution is 2.23. The summed E-state index contributed by atoms with van der Waals surface area (Å²) in [5.74, 6) is 0.406. The summed E-state index contributed by atoms with van der Waals surface area (Å²) in [6.07, 6.45) is 1.68. The third kappa shape index (κ3) is 3.55. The summed E-state index contributed by atoms with van der Waals surface area (Å²) < 4.78 is 7.62. The lowest BCUT2D eigenvalue weighted by molar-refractivity contribution is -0.123. The van der Waals surface area contributed by atoms with Crippen molar-refractivity contribution in [1.82, 2.24) is 9.99 Å². The van der Waals surface area contributed by atoms with Gasteiger partial charge in [0.1, 0.15) is 5.75 Å². The van der Waals surface area contributed by atoms with Gasteiger partial charge in [-0.05, 0) is 31.5 Å². The van der Waals surface area contributed by atoms with E-state index in [1.807, 2.05) is 63.4 Å². The van der Waals surface area contributed by atoms with Crippen LogP contribution in [0, 0.1) is 13.8 Å².